The van der Waals surface area contributed by atoms with E-state index in [0.29, 0.717) is 18.6 Å². The molecule has 2 N–H and O–H groups in total. The summed E-state index contributed by atoms with van der Waals surface area (Å²) in [6, 6.07) is 6.94. The van der Waals surface area contributed by atoms with Gasteiger partial charge in [0.25, 0.3) is 0 Å². The van der Waals surface area contributed by atoms with Crippen LogP contribution in [0.1, 0.15) is 38.3 Å². The molecule has 0 unspecified atom stereocenters. The lowest BCUT2D eigenvalue weighted by Gasteiger charge is -2.27. The van der Waals surface area contributed by atoms with Gasteiger partial charge in [0.15, 0.2) is 0 Å². The summed E-state index contributed by atoms with van der Waals surface area (Å²) in [5, 5.41) is 6.58. The number of ether oxygens (including phenoxy) is 1. The van der Waals surface area contributed by atoms with Crippen LogP contribution in [0.2, 0.25) is 0 Å². The van der Waals surface area contributed by atoms with E-state index in [-0.39, 0.29) is 11.9 Å². The largest absolute Gasteiger partial charge is 0.496 e. The smallest absolute Gasteiger partial charge is 0.237 e. The molecule has 5 nitrogen and oxygen atoms in total. The predicted octanol–water partition coefficient (Wildman–Crippen LogP) is 2.08. The van der Waals surface area contributed by atoms with E-state index < -0.39 is 0 Å². The van der Waals surface area contributed by atoms with Crippen LogP contribution in [0.4, 0.5) is 0 Å². The van der Waals surface area contributed by atoms with Gasteiger partial charge in [-0.3, -0.25) is 9.69 Å². The molecular formula is C19H31N3O2. The van der Waals surface area contributed by atoms with Crippen molar-refractivity contribution in [1.82, 2.24) is 15.5 Å². The van der Waals surface area contributed by atoms with Crippen LogP contribution in [-0.4, -0.2) is 49.1 Å². The summed E-state index contributed by atoms with van der Waals surface area (Å²) in [7, 11) is 1.70. The van der Waals surface area contributed by atoms with Gasteiger partial charge in [0, 0.05) is 31.7 Å². The van der Waals surface area contributed by atoms with Crippen molar-refractivity contribution in [2.75, 3.05) is 20.2 Å². The first-order chi connectivity index (χ1) is 11.5. The Morgan fingerprint density at radius 3 is 2.75 bits per heavy atom. The van der Waals surface area contributed by atoms with Crippen molar-refractivity contribution >= 4 is 5.91 Å². The average molecular weight is 333 g/mol. The number of methoxy groups -OCH3 is 1. The first-order valence-corrected chi connectivity index (χ1v) is 8.86. The fraction of sp³-hybridized carbons (Fsp3) is 0.632. The number of nitrogens with one attached hydrogen (secondary N) is 2. The van der Waals surface area contributed by atoms with Gasteiger partial charge in [0.2, 0.25) is 5.91 Å². The number of carbonyl (C=O) groups is 1. The van der Waals surface area contributed by atoms with Gasteiger partial charge in [-0.2, -0.15) is 0 Å². The zero-order valence-corrected chi connectivity index (χ0v) is 15.6. The van der Waals surface area contributed by atoms with Crippen molar-refractivity contribution in [3.05, 3.63) is 29.3 Å². The molecule has 2 rings (SSSR count). The van der Waals surface area contributed by atoms with E-state index in [1.54, 1.807) is 7.11 Å². The summed E-state index contributed by atoms with van der Waals surface area (Å²) in [6.45, 7) is 10.7. The Labute approximate surface area is 145 Å². The van der Waals surface area contributed by atoms with Crippen LogP contribution >= 0.6 is 0 Å². The number of aryl methyl sites for hydroxylation is 1. The van der Waals surface area contributed by atoms with E-state index >= 15 is 0 Å². The molecule has 1 aliphatic heterocycles. The van der Waals surface area contributed by atoms with E-state index in [4.69, 9.17) is 4.74 Å². The quantitative estimate of drug-likeness (QED) is 0.802. The van der Waals surface area contributed by atoms with Crippen molar-refractivity contribution in [1.29, 1.82) is 0 Å². The third kappa shape index (κ3) is 4.48. The molecule has 0 spiro atoms. The Balaban J connectivity index is 1.95. The number of likely N-dealkylation sites (tertiary alicyclic amines) is 1. The normalized spacial score (nSPS) is 21.2. The van der Waals surface area contributed by atoms with Gasteiger partial charge >= 0.3 is 0 Å². The van der Waals surface area contributed by atoms with E-state index in [0.717, 1.165) is 30.8 Å². The SMILES string of the molecule is CCNC(=O)[C@@H]1C[C@H](NCc2ccc(OC)c(C)c2)CN1C(C)C. The molecule has 134 valence electrons. The molecule has 0 radical (unpaired) electrons. The molecule has 1 aliphatic rings. The number of likely N-dealkylation sites (N-methyl/N-ethyl adjacent to an activating group) is 1. The predicted molar refractivity (Wildman–Crippen MR) is 97.3 cm³/mol. The maximum atomic E-state index is 12.3. The van der Waals surface area contributed by atoms with E-state index in [2.05, 4.69) is 48.4 Å². The van der Waals surface area contributed by atoms with Gasteiger partial charge < -0.3 is 15.4 Å². The Morgan fingerprint density at radius 2 is 2.17 bits per heavy atom. The average Bonchev–Trinajstić information content (AvgIpc) is 2.98. The minimum absolute atomic E-state index is 0.0277. The fourth-order valence-electron chi connectivity index (χ4n) is 3.44. The number of carbonyl (C=O) groups excluding carboxylic acids is 1. The molecule has 1 saturated heterocycles. The number of nitrogens with zero attached hydrogens (tertiary/aromatic N) is 1. The molecule has 2 atom stereocenters. The van der Waals surface area contributed by atoms with E-state index in [1.807, 2.05) is 13.0 Å². The minimum atomic E-state index is -0.0277. The minimum Gasteiger partial charge on any atom is -0.496 e. The highest BCUT2D eigenvalue weighted by atomic mass is 16.5. The summed E-state index contributed by atoms with van der Waals surface area (Å²) in [5.41, 5.74) is 2.39. The van der Waals surface area contributed by atoms with Crippen LogP contribution < -0.4 is 15.4 Å². The summed E-state index contributed by atoms with van der Waals surface area (Å²) in [5.74, 6) is 1.07. The summed E-state index contributed by atoms with van der Waals surface area (Å²) < 4.78 is 5.31. The van der Waals surface area contributed by atoms with Crippen LogP contribution in [0.15, 0.2) is 18.2 Å². The molecule has 1 amide bonds. The van der Waals surface area contributed by atoms with Crippen molar-refractivity contribution in [2.24, 2.45) is 0 Å². The topological polar surface area (TPSA) is 53.6 Å². The third-order valence-electron chi connectivity index (χ3n) is 4.71. The van der Waals surface area contributed by atoms with Gasteiger partial charge in [-0.1, -0.05) is 12.1 Å². The second kappa shape index (κ2) is 8.49. The van der Waals surface area contributed by atoms with Gasteiger partial charge in [-0.25, -0.2) is 0 Å². The van der Waals surface area contributed by atoms with Gasteiger partial charge in [-0.15, -0.1) is 0 Å². The molecule has 0 saturated carbocycles. The van der Waals surface area contributed by atoms with Crippen LogP contribution in [0.5, 0.6) is 5.75 Å². The maximum Gasteiger partial charge on any atom is 0.237 e. The molecule has 24 heavy (non-hydrogen) atoms. The second-order valence-electron chi connectivity index (χ2n) is 6.82. The molecule has 1 aromatic rings. The van der Waals surface area contributed by atoms with Crippen LogP contribution in [-0.2, 0) is 11.3 Å². The first kappa shape index (κ1) is 18.7. The van der Waals surface area contributed by atoms with Crippen molar-refractivity contribution in [3.8, 4) is 5.75 Å². The molecule has 1 aromatic carbocycles. The lowest BCUT2D eigenvalue weighted by molar-refractivity contribution is -0.125. The lowest BCUT2D eigenvalue weighted by Crippen LogP contribution is -2.46. The lowest BCUT2D eigenvalue weighted by atomic mass is 10.1. The number of hydrogen-bond donors (Lipinski definition) is 2. The standard InChI is InChI=1S/C19H31N3O2/c1-6-20-19(23)17-10-16(12-22(17)13(2)3)21-11-15-7-8-18(24-5)14(4)9-15/h7-9,13,16-17,21H,6,10-12H2,1-5H3,(H,20,23)/t16-,17-/m0/s1. The fourth-order valence-corrected chi connectivity index (χ4v) is 3.44. The zero-order valence-electron chi connectivity index (χ0n) is 15.6. The summed E-state index contributed by atoms with van der Waals surface area (Å²) >= 11 is 0. The number of rotatable bonds is 7. The Hall–Kier alpha value is -1.59. The number of hydrogen-bond acceptors (Lipinski definition) is 4. The van der Waals surface area contributed by atoms with Gasteiger partial charge in [-0.05, 0) is 51.3 Å². The van der Waals surface area contributed by atoms with E-state index in [9.17, 15) is 4.79 Å². The summed E-state index contributed by atoms with van der Waals surface area (Å²) in [6.07, 6.45) is 0.860. The molecule has 1 heterocycles. The number of amides is 1. The Morgan fingerprint density at radius 1 is 1.42 bits per heavy atom. The Bertz CT molecular complexity index is 560. The van der Waals surface area contributed by atoms with Crippen molar-refractivity contribution in [3.63, 3.8) is 0 Å². The highest BCUT2D eigenvalue weighted by molar-refractivity contribution is 5.82. The third-order valence-corrected chi connectivity index (χ3v) is 4.71. The van der Waals surface area contributed by atoms with Gasteiger partial charge in [0.1, 0.15) is 5.75 Å². The highest BCUT2D eigenvalue weighted by Crippen LogP contribution is 2.22. The summed E-state index contributed by atoms with van der Waals surface area (Å²) in [4.78, 5) is 14.6. The van der Waals surface area contributed by atoms with Crippen LogP contribution in [0.25, 0.3) is 0 Å². The molecule has 5 heteroatoms. The highest BCUT2D eigenvalue weighted by Gasteiger charge is 2.37. The molecule has 1 fully saturated rings. The van der Waals surface area contributed by atoms with Gasteiger partial charge in [0.05, 0.1) is 13.2 Å². The van der Waals surface area contributed by atoms with Crippen molar-refractivity contribution < 1.29 is 9.53 Å². The van der Waals surface area contributed by atoms with E-state index in [1.165, 1.54) is 5.56 Å². The van der Waals surface area contributed by atoms with Crippen LogP contribution in [0, 0.1) is 6.92 Å². The Kier molecular flexibility index (Phi) is 6.63. The monoisotopic (exact) mass is 333 g/mol. The second-order valence-corrected chi connectivity index (χ2v) is 6.82. The molecule has 0 aliphatic carbocycles. The van der Waals surface area contributed by atoms with Crippen molar-refractivity contribution in [2.45, 2.75) is 58.8 Å². The van der Waals surface area contributed by atoms with Crippen LogP contribution in [0.3, 0.4) is 0 Å². The zero-order chi connectivity index (χ0) is 17.7. The first-order valence-electron chi connectivity index (χ1n) is 8.86. The molecule has 0 aromatic heterocycles. The maximum absolute atomic E-state index is 12.3. The number of benzene rings is 1. The molecule has 0 bridgehead atoms. The molecular weight excluding hydrogens is 302 g/mol.